The largest absolute Gasteiger partial charge is 0.396 e. The zero-order chi connectivity index (χ0) is 17.2. The van der Waals surface area contributed by atoms with Crippen molar-refractivity contribution in [2.45, 2.75) is 19.0 Å². The second-order valence-electron chi connectivity index (χ2n) is 6.22. The van der Waals surface area contributed by atoms with Crippen LogP contribution in [0.15, 0.2) is 48.8 Å². The Labute approximate surface area is 145 Å². The minimum Gasteiger partial charge on any atom is -0.396 e. The first-order valence-corrected chi connectivity index (χ1v) is 8.31. The van der Waals surface area contributed by atoms with E-state index in [0.29, 0.717) is 23.5 Å². The highest BCUT2D eigenvalue weighted by molar-refractivity contribution is 5.84. The monoisotopic (exact) mass is 336 g/mol. The summed E-state index contributed by atoms with van der Waals surface area (Å²) < 4.78 is 1.99. The Morgan fingerprint density at radius 2 is 2.04 bits per heavy atom. The predicted molar refractivity (Wildman–Crippen MR) is 96.9 cm³/mol. The molecule has 1 aliphatic carbocycles. The first kappa shape index (κ1) is 15.6. The molecule has 1 aliphatic rings. The minimum absolute atomic E-state index is 0.124. The van der Waals surface area contributed by atoms with Crippen molar-refractivity contribution < 1.29 is 5.11 Å². The summed E-state index contributed by atoms with van der Waals surface area (Å²) in [7, 11) is 0. The quantitative estimate of drug-likeness (QED) is 0.617. The average molecular weight is 336 g/mol. The third-order valence-electron chi connectivity index (χ3n) is 4.48. The van der Waals surface area contributed by atoms with Gasteiger partial charge in [-0.05, 0) is 12.0 Å². The Bertz CT molecular complexity index is 905. The van der Waals surface area contributed by atoms with Gasteiger partial charge in [0.1, 0.15) is 0 Å². The standard InChI is InChI=1S/C18H20N6O/c19-18-22-16(20-9-12-4-2-1-3-5-12)15-17(23-18)24(11-21-15)14-7-6-13(8-14)10-25/h1-7,11,13-14,25H,8-10H2,(H3,19,20,22,23)/t13-,14+/m1/s1. The van der Waals surface area contributed by atoms with Crippen molar-refractivity contribution in [3.05, 3.63) is 54.4 Å². The topological polar surface area (TPSA) is 102 Å². The number of imidazole rings is 1. The molecule has 7 heteroatoms. The van der Waals surface area contributed by atoms with E-state index in [-0.39, 0.29) is 24.5 Å². The number of benzene rings is 1. The molecule has 7 nitrogen and oxygen atoms in total. The number of nitrogens with one attached hydrogen (secondary N) is 1. The van der Waals surface area contributed by atoms with E-state index in [9.17, 15) is 5.11 Å². The average Bonchev–Trinajstić information content (AvgIpc) is 3.26. The van der Waals surface area contributed by atoms with Gasteiger partial charge in [-0.15, -0.1) is 0 Å². The molecule has 0 bridgehead atoms. The summed E-state index contributed by atoms with van der Waals surface area (Å²) in [5.74, 6) is 1.02. The number of aliphatic hydroxyl groups excluding tert-OH is 1. The van der Waals surface area contributed by atoms with Crippen LogP contribution in [-0.2, 0) is 6.54 Å². The number of allylic oxidation sites excluding steroid dienone is 1. The Hall–Kier alpha value is -2.93. The molecule has 4 N–H and O–H groups in total. The lowest BCUT2D eigenvalue weighted by atomic mass is 10.1. The van der Waals surface area contributed by atoms with Gasteiger partial charge in [0.15, 0.2) is 17.0 Å². The Morgan fingerprint density at radius 1 is 1.20 bits per heavy atom. The maximum Gasteiger partial charge on any atom is 0.224 e. The van der Waals surface area contributed by atoms with E-state index in [1.807, 2.05) is 41.0 Å². The fourth-order valence-corrected chi connectivity index (χ4v) is 3.18. The molecule has 0 saturated carbocycles. The molecule has 2 atom stereocenters. The lowest BCUT2D eigenvalue weighted by Gasteiger charge is -2.13. The summed E-state index contributed by atoms with van der Waals surface area (Å²) in [6.07, 6.45) is 6.72. The fraction of sp³-hybridized carbons (Fsp3) is 0.278. The number of aliphatic hydroxyl groups is 1. The maximum absolute atomic E-state index is 9.33. The molecular weight excluding hydrogens is 316 g/mol. The van der Waals surface area contributed by atoms with Crippen LogP contribution in [0.5, 0.6) is 0 Å². The molecular formula is C18H20N6O. The number of anilines is 2. The van der Waals surface area contributed by atoms with Crippen molar-refractivity contribution in [2.24, 2.45) is 5.92 Å². The van der Waals surface area contributed by atoms with Gasteiger partial charge >= 0.3 is 0 Å². The van der Waals surface area contributed by atoms with E-state index in [0.717, 1.165) is 12.0 Å². The second-order valence-corrected chi connectivity index (χ2v) is 6.22. The SMILES string of the molecule is Nc1nc(NCc2ccccc2)c2ncn([C@H]3C=C[C@@H](CO)C3)c2n1. The van der Waals surface area contributed by atoms with Crippen molar-refractivity contribution >= 4 is 22.9 Å². The molecule has 2 heterocycles. The summed E-state index contributed by atoms with van der Waals surface area (Å²) in [5, 5.41) is 12.6. The summed E-state index contributed by atoms with van der Waals surface area (Å²) in [5.41, 5.74) is 8.47. The number of hydrogen-bond donors (Lipinski definition) is 3. The maximum atomic E-state index is 9.33. The predicted octanol–water partition coefficient (Wildman–Crippen LogP) is 2.13. The van der Waals surface area contributed by atoms with Crippen molar-refractivity contribution in [1.29, 1.82) is 0 Å². The van der Waals surface area contributed by atoms with Crippen molar-refractivity contribution in [3.63, 3.8) is 0 Å². The molecule has 0 aliphatic heterocycles. The van der Waals surface area contributed by atoms with E-state index in [2.05, 4.69) is 26.3 Å². The van der Waals surface area contributed by atoms with Crippen LogP contribution in [0.4, 0.5) is 11.8 Å². The number of nitrogen functional groups attached to an aromatic ring is 1. The molecule has 0 spiro atoms. The molecule has 0 radical (unpaired) electrons. The highest BCUT2D eigenvalue weighted by Crippen LogP contribution is 2.31. The molecule has 0 amide bonds. The number of fused-ring (bicyclic) bond motifs is 1. The zero-order valence-corrected chi connectivity index (χ0v) is 13.7. The molecule has 0 fully saturated rings. The number of rotatable bonds is 5. The van der Waals surface area contributed by atoms with Crippen molar-refractivity contribution in [1.82, 2.24) is 19.5 Å². The van der Waals surface area contributed by atoms with Gasteiger partial charge in [0, 0.05) is 19.1 Å². The normalized spacial score (nSPS) is 19.6. The molecule has 128 valence electrons. The van der Waals surface area contributed by atoms with Crippen LogP contribution in [0.3, 0.4) is 0 Å². The van der Waals surface area contributed by atoms with Crippen LogP contribution < -0.4 is 11.1 Å². The summed E-state index contributed by atoms with van der Waals surface area (Å²) in [6.45, 7) is 0.788. The van der Waals surface area contributed by atoms with Gasteiger partial charge in [-0.25, -0.2) is 4.98 Å². The third kappa shape index (κ3) is 3.06. The summed E-state index contributed by atoms with van der Waals surface area (Å²) in [6, 6.07) is 10.2. The van der Waals surface area contributed by atoms with Crippen LogP contribution in [0.2, 0.25) is 0 Å². The van der Waals surface area contributed by atoms with Gasteiger partial charge in [0.05, 0.1) is 12.4 Å². The first-order valence-electron chi connectivity index (χ1n) is 8.31. The van der Waals surface area contributed by atoms with Crippen molar-refractivity contribution in [2.75, 3.05) is 17.7 Å². The molecule has 0 saturated heterocycles. The van der Waals surface area contributed by atoms with E-state index in [4.69, 9.17) is 5.73 Å². The van der Waals surface area contributed by atoms with E-state index >= 15 is 0 Å². The Kier molecular flexibility index (Phi) is 4.07. The van der Waals surface area contributed by atoms with E-state index in [1.165, 1.54) is 0 Å². The number of nitrogens with zero attached hydrogens (tertiary/aromatic N) is 4. The van der Waals surface area contributed by atoms with Gasteiger partial charge in [0.25, 0.3) is 0 Å². The lowest BCUT2D eigenvalue weighted by molar-refractivity contribution is 0.244. The third-order valence-corrected chi connectivity index (χ3v) is 4.48. The van der Waals surface area contributed by atoms with E-state index in [1.54, 1.807) is 6.33 Å². The molecule has 3 aromatic rings. The Morgan fingerprint density at radius 3 is 2.80 bits per heavy atom. The van der Waals surface area contributed by atoms with Crippen LogP contribution >= 0.6 is 0 Å². The van der Waals surface area contributed by atoms with Gasteiger partial charge in [0.2, 0.25) is 5.95 Å². The number of nitrogens with two attached hydrogens (primary N) is 1. The molecule has 4 rings (SSSR count). The second kappa shape index (κ2) is 6.52. The molecule has 25 heavy (non-hydrogen) atoms. The first-order chi connectivity index (χ1) is 12.2. The van der Waals surface area contributed by atoms with Gasteiger partial charge < -0.3 is 20.7 Å². The van der Waals surface area contributed by atoms with Gasteiger partial charge in [-0.1, -0.05) is 42.5 Å². The summed E-state index contributed by atoms with van der Waals surface area (Å²) >= 11 is 0. The molecule has 2 aromatic heterocycles. The van der Waals surface area contributed by atoms with Gasteiger partial charge in [-0.3, -0.25) is 0 Å². The van der Waals surface area contributed by atoms with Gasteiger partial charge in [-0.2, -0.15) is 9.97 Å². The van der Waals surface area contributed by atoms with Crippen LogP contribution in [0.1, 0.15) is 18.0 Å². The summed E-state index contributed by atoms with van der Waals surface area (Å²) in [4.78, 5) is 13.2. The van der Waals surface area contributed by atoms with E-state index < -0.39 is 0 Å². The molecule has 0 unspecified atom stereocenters. The van der Waals surface area contributed by atoms with Crippen LogP contribution in [0.25, 0.3) is 11.2 Å². The number of aromatic nitrogens is 4. The Balaban J connectivity index is 1.64. The zero-order valence-electron chi connectivity index (χ0n) is 13.7. The fourth-order valence-electron chi connectivity index (χ4n) is 3.18. The van der Waals surface area contributed by atoms with Crippen LogP contribution in [-0.4, -0.2) is 31.2 Å². The lowest BCUT2D eigenvalue weighted by Crippen LogP contribution is -2.09. The highest BCUT2D eigenvalue weighted by Gasteiger charge is 2.23. The highest BCUT2D eigenvalue weighted by atomic mass is 16.3. The van der Waals surface area contributed by atoms with Crippen molar-refractivity contribution in [3.8, 4) is 0 Å². The van der Waals surface area contributed by atoms with Crippen LogP contribution in [0, 0.1) is 5.92 Å². The number of hydrogen-bond acceptors (Lipinski definition) is 6. The smallest absolute Gasteiger partial charge is 0.224 e. The molecule has 1 aromatic carbocycles. The minimum atomic E-state index is 0.124.